The third kappa shape index (κ3) is 3.05. The first-order valence-corrected chi connectivity index (χ1v) is 7.53. The van der Waals surface area contributed by atoms with Gasteiger partial charge in [0, 0.05) is 25.7 Å². The zero-order valence-corrected chi connectivity index (χ0v) is 13.1. The van der Waals surface area contributed by atoms with Gasteiger partial charge in [-0.25, -0.2) is 9.07 Å². The second-order valence-corrected chi connectivity index (χ2v) is 5.84. The Morgan fingerprint density at radius 1 is 1.48 bits per heavy atom. The Labute approximate surface area is 133 Å². The summed E-state index contributed by atoms with van der Waals surface area (Å²) >= 11 is 0. The standard InChI is InChI=1S/C16H19FN4O2/c1-10-7-12(17)3-4-13(10)21-9-14(22)15(19-21)16(23)20-6-5-18-11(2)8-20/h3-4,7,9,11,18,22H,5-6,8H2,1-2H3. The van der Waals surface area contributed by atoms with Crippen LogP contribution in [0.3, 0.4) is 0 Å². The van der Waals surface area contributed by atoms with Gasteiger partial charge in [-0.3, -0.25) is 4.79 Å². The second-order valence-electron chi connectivity index (χ2n) is 5.84. The monoisotopic (exact) mass is 318 g/mol. The molecule has 6 nitrogen and oxygen atoms in total. The molecule has 1 fully saturated rings. The van der Waals surface area contributed by atoms with Crippen LogP contribution in [0.2, 0.25) is 0 Å². The van der Waals surface area contributed by atoms with E-state index < -0.39 is 0 Å². The average Bonchev–Trinajstić information content (AvgIpc) is 2.88. The van der Waals surface area contributed by atoms with Crippen LogP contribution in [0.25, 0.3) is 5.69 Å². The molecule has 1 aromatic heterocycles. The normalized spacial score (nSPS) is 18.2. The fourth-order valence-electron chi connectivity index (χ4n) is 2.78. The van der Waals surface area contributed by atoms with Crippen LogP contribution in [-0.4, -0.2) is 51.4 Å². The molecular formula is C16H19FN4O2. The van der Waals surface area contributed by atoms with Gasteiger partial charge < -0.3 is 15.3 Å². The Kier molecular flexibility index (Phi) is 4.04. The molecule has 1 atom stereocenters. The van der Waals surface area contributed by atoms with Gasteiger partial charge in [-0.1, -0.05) is 0 Å². The molecule has 122 valence electrons. The van der Waals surface area contributed by atoms with Crippen molar-refractivity contribution < 1.29 is 14.3 Å². The molecule has 1 amide bonds. The number of aromatic hydroxyl groups is 1. The van der Waals surface area contributed by atoms with Crippen molar-refractivity contribution >= 4 is 5.91 Å². The van der Waals surface area contributed by atoms with Crippen molar-refractivity contribution in [2.75, 3.05) is 19.6 Å². The third-order valence-corrected chi connectivity index (χ3v) is 3.96. The molecule has 2 aromatic rings. The van der Waals surface area contributed by atoms with E-state index in [1.54, 1.807) is 17.9 Å². The van der Waals surface area contributed by atoms with Gasteiger partial charge in [0.1, 0.15) is 5.82 Å². The number of carbonyl (C=O) groups excluding carboxylic acids is 1. The highest BCUT2D eigenvalue weighted by Crippen LogP contribution is 2.22. The van der Waals surface area contributed by atoms with Crippen molar-refractivity contribution in [3.8, 4) is 11.4 Å². The molecule has 23 heavy (non-hydrogen) atoms. The van der Waals surface area contributed by atoms with E-state index in [1.807, 2.05) is 6.92 Å². The van der Waals surface area contributed by atoms with Crippen molar-refractivity contribution in [3.05, 3.63) is 41.5 Å². The minimum absolute atomic E-state index is 0.0165. The van der Waals surface area contributed by atoms with E-state index in [4.69, 9.17) is 0 Å². The molecule has 1 aliphatic rings. The van der Waals surface area contributed by atoms with E-state index in [2.05, 4.69) is 10.4 Å². The third-order valence-electron chi connectivity index (χ3n) is 3.96. The van der Waals surface area contributed by atoms with Crippen LogP contribution >= 0.6 is 0 Å². The number of nitrogens with one attached hydrogen (secondary N) is 1. The number of nitrogens with zero attached hydrogens (tertiary/aromatic N) is 3. The fraction of sp³-hybridized carbons (Fsp3) is 0.375. The number of hydrogen-bond acceptors (Lipinski definition) is 4. The maximum Gasteiger partial charge on any atom is 0.278 e. The largest absolute Gasteiger partial charge is 0.504 e. The molecule has 1 unspecified atom stereocenters. The molecule has 1 saturated heterocycles. The molecule has 0 saturated carbocycles. The molecule has 1 aromatic carbocycles. The summed E-state index contributed by atoms with van der Waals surface area (Å²) in [5.74, 6) is -0.812. The lowest BCUT2D eigenvalue weighted by molar-refractivity contribution is 0.0699. The number of hydrogen-bond donors (Lipinski definition) is 2. The van der Waals surface area contributed by atoms with Crippen molar-refractivity contribution in [1.82, 2.24) is 20.0 Å². The summed E-state index contributed by atoms with van der Waals surface area (Å²) in [5.41, 5.74) is 1.31. The molecule has 0 bridgehead atoms. The maximum absolute atomic E-state index is 13.2. The van der Waals surface area contributed by atoms with Gasteiger partial charge in [0.05, 0.1) is 11.9 Å². The summed E-state index contributed by atoms with van der Waals surface area (Å²) in [7, 11) is 0. The summed E-state index contributed by atoms with van der Waals surface area (Å²) in [6.45, 7) is 5.60. The first kappa shape index (κ1) is 15.5. The summed E-state index contributed by atoms with van der Waals surface area (Å²) in [6, 6.07) is 4.48. The quantitative estimate of drug-likeness (QED) is 0.879. The van der Waals surface area contributed by atoms with Crippen LogP contribution in [0.5, 0.6) is 5.75 Å². The average molecular weight is 318 g/mol. The van der Waals surface area contributed by atoms with E-state index in [9.17, 15) is 14.3 Å². The van der Waals surface area contributed by atoms with Gasteiger partial charge in [-0.15, -0.1) is 0 Å². The zero-order chi connectivity index (χ0) is 16.6. The number of rotatable bonds is 2. The molecular weight excluding hydrogens is 299 g/mol. The van der Waals surface area contributed by atoms with Gasteiger partial charge in [0.15, 0.2) is 11.4 Å². The predicted octanol–water partition coefficient (Wildman–Crippen LogP) is 1.46. The number of benzene rings is 1. The molecule has 7 heteroatoms. The summed E-state index contributed by atoms with van der Waals surface area (Å²) in [5, 5.41) is 17.5. The van der Waals surface area contributed by atoms with Crippen LogP contribution < -0.4 is 5.32 Å². The minimum Gasteiger partial charge on any atom is -0.504 e. The number of aryl methyl sites for hydroxylation is 1. The van der Waals surface area contributed by atoms with Gasteiger partial charge in [-0.05, 0) is 37.6 Å². The van der Waals surface area contributed by atoms with E-state index in [0.29, 0.717) is 30.9 Å². The highest BCUT2D eigenvalue weighted by atomic mass is 19.1. The lowest BCUT2D eigenvalue weighted by atomic mass is 10.2. The number of piperazine rings is 1. The van der Waals surface area contributed by atoms with Crippen LogP contribution in [0.15, 0.2) is 24.4 Å². The van der Waals surface area contributed by atoms with Crippen molar-refractivity contribution in [2.24, 2.45) is 0 Å². The van der Waals surface area contributed by atoms with Crippen LogP contribution in [0.4, 0.5) is 4.39 Å². The highest BCUT2D eigenvalue weighted by Gasteiger charge is 2.26. The molecule has 0 aliphatic carbocycles. The maximum atomic E-state index is 13.2. The van der Waals surface area contributed by atoms with Crippen LogP contribution in [-0.2, 0) is 0 Å². The zero-order valence-electron chi connectivity index (χ0n) is 13.1. The minimum atomic E-state index is -0.339. The SMILES string of the molecule is Cc1cc(F)ccc1-n1cc(O)c(C(=O)N2CCNC(C)C2)n1. The van der Waals surface area contributed by atoms with Gasteiger partial charge >= 0.3 is 0 Å². The molecule has 2 N–H and O–H groups in total. The molecule has 1 aliphatic heterocycles. The number of carbonyl (C=O) groups is 1. The van der Waals surface area contributed by atoms with E-state index >= 15 is 0 Å². The Morgan fingerprint density at radius 2 is 2.26 bits per heavy atom. The first-order valence-electron chi connectivity index (χ1n) is 7.53. The fourth-order valence-corrected chi connectivity index (χ4v) is 2.78. The van der Waals surface area contributed by atoms with E-state index in [1.165, 1.54) is 23.0 Å². The number of amides is 1. The molecule has 3 rings (SSSR count). The van der Waals surface area contributed by atoms with Gasteiger partial charge in [-0.2, -0.15) is 5.10 Å². The highest BCUT2D eigenvalue weighted by molar-refractivity contribution is 5.95. The summed E-state index contributed by atoms with van der Waals surface area (Å²) in [6.07, 6.45) is 1.37. The Morgan fingerprint density at radius 3 is 2.96 bits per heavy atom. The van der Waals surface area contributed by atoms with Crippen LogP contribution in [0, 0.1) is 12.7 Å². The Bertz CT molecular complexity index is 744. The van der Waals surface area contributed by atoms with Gasteiger partial charge in [0.25, 0.3) is 5.91 Å². The lowest BCUT2D eigenvalue weighted by Crippen LogP contribution is -2.51. The first-order chi connectivity index (χ1) is 11.0. The Balaban J connectivity index is 1.90. The topological polar surface area (TPSA) is 70.4 Å². The van der Waals surface area contributed by atoms with Crippen molar-refractivity contribution in [1.29, 1.82) is 0 Å². The summed E-state index contributed by atoms with van der Waals surface area (Å²) in [4.78, 5) is 14.2. The van der Waals surface area contributed by atoms with Crippen LogP contribution in [0.1, 0.15) is 23.0 Å². The smallest absolute Gasteiger partial charge is 0.278 e. The number of aromatic nitrogens is 2. The van der Waals surface area contributed by atoms with Crippen molar-refractivity contribution in [3.63, 3.8) is 0 Å². The molecule has 0 radical (unpaired) electrons. The Hall–Kier alpha value is -2.41. The van der Waals surface area contributed by atoms with E-state index in [0.717, 1.165) is 0 Å². The lowest BCUT2D eigenvalue weighted by Gasteiger charge is -2.31. The van der Waals surface area contributed by atoms with E-state index in [-0.39, 0.29) is 29.2 Å². The summed E-state index contributed by atoms with van der Waals surface area (Å²) < 4.78 is 14.6. The molecule has 0 spiro atoms. The molecule has 2 heterocycles. The predicted molar refractivity (Wildman–Crippen MR) is 83.3 cm³/mol. The van der Waals surface area contributed by atoms with Crippen molar-refractivity contribution in [2.45, 2.75) is 19.9 Å². The second kappa shape index (κ2) is 6.00. The number of halogens is 1. The van der Waals surface area contributed by atoms with Gasteiger partial charge in [0.2, 0.25) is 0 Å².